The number of likely N-dealkylation sites (tertiary alicyclic amines) is 1. The van der Waals surface area contributed by atoms with E-state index in [1.807, 2.05) is 0 Å². The van der Waals surface area contributed by atoms with Crippen molar-refractivity contribution in [3.8, 4) is 0 Å². The first kappa shape index (κ1) is 7.88. The van der Waals surface area contributed by atoms with Crippen molar-refractivity contribution in [2.75, 3.05) is 19.0 Å². The lowest BCUT2D eigenvalue weighted by atomic mass is 10.2. The molecule has 0 amide bonds. The molecule has 1 aliphatic carbocycles. The molecule has 0 aromatic heterocycles. The van der Waals surface area contributed by atoms with Gasteiger partial charge in [0.25, 0.3) is 0 Å². The third kappa shape index (κ3) is 1.54. The molecule has 2 aliphatic rings. The molecule has 3 unspecified atom stereocenters. The zero-order valence-electron chi connectivity index (χ0n) is 7.09. The number of fused-ring (bicyclic) bond motifs is 1. The summed E-state index contributed by atoms with van der Waals surface area (Å²) in [5, 5.41) is 0. The van der Waals surface area contributed by atoms with Gasteiger partial charge in [-0.3, -0.25) is 0 Å². The summed E-state index contributed by atoms with van der Waals surface area (Å²) in [6, 6.07) is 0.722. The Balaban J connectivity index is 1.77. The smallest absolute Gasteiger partial charge is 0.0238 e. The zero-order chi connectivity index (χ0) is 7.84. The van der Waals surface area contributed by atoms with Crippen molar-refractivity contribution in [2.45, 2.75) is 25.8 Å². The molecule has 64 valence electrons. The average molecular weight is 174 g/mol. The summed E-state index contributed by atoms with van der Waals surface area (Å²) in [4.78, 5) is 2.60. The standard InChI is InChI=1S/C9H16ClN/c1-7(2-3-10)11-5-8-4-9(8)6-11/h7-9H,2-6H2,1H3. The molecule has 1 aliphatic heterocycles. The molecule has 2 fully saturated rings. The van der Waals surface area contributed by atoms with Crippen LogP contribution in [0.1, 0.15) is 19.8 Å². The highest BCUT2D eigenvalue weighted by Gasteiger charge is 2.45. The van der Waals surface area contributed by atoms with Crippen molar-refractivity contribution in [3.05, 3.63) is 0 Å². The van der Waals surface area contributed by atoms with E-state index in [9.17, 15) is 0 Å². The third-order valence-electron chi connectivity index (χ3n) is 3.16. The maximum atomic E-state index is 5.70. The van der Waals surface area contributed by atoms with E-state index in [2.05, 4.69) is 11.8 Å². The number of hydrogen-bond acceptors (Lipinski definition) is 1. The molecule has 1 saturated carbocycles. The highest BCUT2D eigenvalue weighted by molar-refractivity contribution is 6.17. The van der Waals surface area contributed by atoms with Crippen LogP contribution < -0.4 is 0 Å². The Morgan fingerprint density at radius 2 is 2.09 bits per heavy atom. The summed E-state index contributed by atoms with van der Waals surface area (Å²) in [6.45, 7) is 5.00. The Hall–Kier alpha value is 0.250. The number of alkyl halides is 1. The van der Waals surface area contributed by atoms with E-state index >= 15 is 0 Å². The van der Waals surface area contributed by atoms with Crippen LogP contribution in [-0.2, 0) is 0 Å². The van der Waals surface area contributed by atoms with E-state index in [1.165, 1.54) is 19.5 Å². The molecule has 1 saturated heterocycles. The summed E-state index contributed by atoms with van der Waals surface area (Å²) < 4.78 is 0. The van der Waals surface area contributed by atoms with E-state index in [0.29, 0.717) is 0 Å². The van der Waals surface area contributed by atoms with E-state index in [0.717, 1.165) is 30.2 Å². The molecule has 0 spiro atoms. The number of halogens is 1. The summed E-state index contributed by atoms with van der Waals surface area (Å²) in [5.74, 6) is 2.94. The number of nitrogens with zero attached hydrogens (tertiary/aromatic N) is 1. The van der Waals surface area contributed by atoms with Crippen LogP contribution in [0.3, 0.4) is 0 Å². The summed E-state index contributed by atoms with van der Waals surface area (Å²) in [5.41, 5.74) is 0. The van der Waals surface area contributed by atoms with Crippen molar-refractivity contribution in [1.29, 1.82) is 0 Å². The fourth-order valence-electron chi connectivity index (χ4n) is 2.13. The van der Waals surface area contributed by atoms with Gasteiger partial charge in [-0.25, -0.2) is 0 Å². The largest absolute Gasteiger partial charge is 0.300 e. The van der Waals surface area contributed by atoms with Gasteiger partial charge in [0.1, 0.15) is 0 Å². The third-order valence-corrected chi connectivity index (χ3v) is 3.38. The monoisotopic (exact) mass is 173 g/mol. The lowest BCUT2D eigenvalue weighted by molar-refractivity contribution is 0.229. The number of hydrogen-bond donors (Lipinski definition) is 0. The summed E-state index contributed by atoms with van der Waals surface area (Å²) in [6.07, 6.45) is 2.66. The molecule has 2 heteroatoms. The topological polar surface area (TPSA) is 3.24 Å². The van der Waals surface area contributed by atoms with Crippen LogP contribution in [-0.4, -0.2) is 29.9 Å². The fraction of sp³-hybridized carbons (Fsp3) is 1.00. The number of piperidine rings is 1. The molecule has 3 atom stereocenters. The zero-order valence-corrected chi connectivity index (χ0v) is 7.85. The predicted octanol–water partition coefficient (Wildman–Crippen LogP) is 1.96. The van der Waals surface area contributed by atoms with Crippen molar-refractivity contribution in [3.63, 3.8) is 0 Å². The average Bonchev–Trinajstić information content (AvgIpc) is 2.59. The van der Waals surface area contributed by atoms with Crippen LogP contribution in [0.5, 0.6) is 0 Å². The summed E-state index contributed by atoms with van der Waals surface area (Å²) >= 11 is 5.70. The minimum Gasteiger partial charge on any atom is -0.300 e. The van der Waals surface area contributed by atoms with E-state index < -0.39 is 0 Å². The molecule has 1 heterocycles. The molecular weight excluding hydrogens is 158 g/mol. The Morgan fingerprint density at radius 3 is 2.64 bits per heavy atom. The maximum absolute atomic E-state index is 5.70. The number of rotatable bonds is 3. The first-order valence-electron chi connectivity index (χ1n) is 4.61. The Kier molecular flexibility index (Phi) is 2.11. The van der Waals surface area contributed by atoms with Gasteiger partial charge >= 0.3 is 0 Å². The van der Waals surface area contributed by atoms with Crippen LogP contribution in [0, 0.1) is 11.8 Å². The molecule has 2 rings (SSSR count). The van der Waals surface area contributed by atoms with Gasteiger partial charge in [0.05, 0.1) is 0 Å². The second kappa shape index (κ2) is 2.95. The molecule has 0 bridgehead atoms. The van der Waals surface area contributed by atoms with Gasteiger partial charge in [-0.1, -0.05) is 0 Å². The van der Waals surface area contributed by atoms with Crippen LogP contribution in [0.25, 0.3) is 0 Å². The SMILES string of the molecule is CC(CCCl)N1CC2CC2C1. The van der Waals surface area contributed by atoms with E-state index in [4.69, 9.17) is 11.6 Å². The van der Waals surface area contributed by atoms with Gasteiger partial charge in [-0.05, 0) is 31.6 Å². The maximum Gasteiger partial charge on any atom is 0.0238 e. The van der Waals surface area contributed by atoms with Gasteiger partial charge in [0.2, 0.25) is 0 Å². The van der Waals surface area contributed by atoms with Gasteiger partial charge in [0.15, 0.2) is 0 Å². The molecule has 0 N–H and O–H groups in total. The van der Waals surface area contributed by atoms with Crippen molar-refractivity contribution >= 4 is 11.6 Å². The van der Waals surface area contributed by atoms with Gasteiger partial charge in [-0.2, -0.15) is 0 Å². The summed E-state index contributed by atoms with van der Waals surface area (Å²) in [7, 11) is 0. The van der Waals surface area contributed by atoms with Gasteiger partial charge < -0.3 is 4.90 Å². The van der Waals surface area contributed by atoms with E-state index in [1.54, 1.807) is 0 Å². The molecule has 0 radical (unpaired) electrons. The van der Waals surface area contributed by atoms with Crippen LogP contribution in [0.15, 0.2) is 0 Å². The molecule has 0 aromatic rings. The quantitative estimate of drug-likeness (QED) is 0.590. The van der Waals surface area contributed by atoms with Gasteiger partial charge in [0, 0.05) is 25.0 Å². The second-order valence-electron chi connectivity index (χ2n) is 4.04. The van der Waals surface area contributed by atoms with Crippen molar-refractivity contribution < 1.29 is 0 Å². The lowest BCUT2D eigenvalue weighted by Crippen LogP contribution is -2.32. The van der Waals surface area contributed by atoms with Crippen molar-refractivity contribution in [1.82, 2.24) is 4.90 Å². The second-order valence-corrected chi connectivity index (χ2v) is 4.41. The molecule has 1 nitrogen and oxygen atoms in total. The first-order valence-corrected chi connectivity index (χ1v) is 5.14. The van der Waals surface area contributed by atoms with Crippen LogP contribution >= 0.6 is 11.6 Å². The molecule has 11 heavy (non-hydrogen) atoms. The van der Waals surface area contributed by atoms with E-state index in [-0.39, 0.29) is 0 Å². The highest BCUT2D eigenvalue weighted by Crippen LogP contribution is 2.45. The first-order chi connectivity index (χ1) is 5.31. The minimum atomic E-state index is 0.722. The molecular formula is C9H16ClN. The Bertz CT molecular complexity index is 138. The lowest BCUT2D eigenvalue weighted by Gasteiger charge is -2.24. The molecule has 0 aromatic carbocycles. The predicted molar refractivity (Wildman–Crippen MR) is 48.0 cm³/mol. The minimum absolute atomic E-state index is 0.722. The Morgan fingerprint density at radius 1 is 1.45 bits per heavy atom. The highest BCUT2D eigenvalue weighted by atomic mass is 35.5. The normalized spacial score (nSPS) is 38.7. The fourth-order valence-corrected chi connectivity index (χ4v) is 2.45. The van der Waals surface area contributed by atoms with Gasteiger partial charge in [-0.15, -0.1) is 11.6 Å². The Labute approximate surface area is 73.7 Å². The van der Waals surface area contributed by atoms with Crippen LogP contribution in [0.2, 0.25) is 0 Å². The van der Waals surface area contributed by atoms with Crippen molar-refractivity contribution in [2.24, 2.45) is 11.8 Å². The van der Waals surface area contributed by atoms with Crippen LogP contribution in [0.4, 0.5) is 0 Å².